The number of hydrogen-bond acceptors (Lipinski definition) is 1. The Morgan fingerprint density at radius 2 is 1.75 bits per heavy atom. The van der Waals surface area contributed by atoms with Gasteiger partial charge in [0.05, 0.1) is 0 Å². The standard InChI is InChI=1S/C14H13NS/c1-11-6-5-9-13(10-11)15-14(16)12-7-3-2-4-8-12/h2-10H,1H3,(H,15,16). The Morgan fingerprint density at radius 3 is 2.44 bits per heavy atom. The summed E-state index contributed by atoms with van der Waals surface area (Å²) in [4.78, 5) is 0.756. The van der Waals surface area contributed by atoms with Gasteiger partial charge in [0, 0.05) is 11.3 Å². The third kappa shape index (κ3) is 2.67. The molecule has 1 nitrogen and oxygen atoms in total. The molecule has 0 aliphatic heterocycles. The van der Waals surface area contributed by atoms with Crippen molar-refractivity contribution < 1.29 is 0 Å². The molecule has 0 heterocycles. The molecule has 0 bridgehead atoms. The van der Waals surface area contributed by atoms with Crippen molar-refractivity contribution >= 4 is 22.9 Å². The Hall–Kier alpha value is -1.67. The van der Waals surface area contributed by atoms with Crippen LogP contribution in [0.1, 0.15) is 11.1 Å². The highest BCUT2D eigenvalue weighted by molar-refractivity contribution is 7.81. The van der Waals surface area contributed by atoms with E-state index in [4.69, 9.17) is 12.2 Å². The number of aryl methyl sites for hydroxylation is 1. The smallest absolute Gasteiger partial charge is 0.110 e. The highest BCUT2D eigenvalue weighted by Crippen LogP contribution is 2.11. The maximum atomic E-state index is 5.33. The first-order valence-electron chi connectivity index (χ1n) is 5.19. The lowest BCUT2D eigenvalue weighted by molar-refractivity contribution is 1.47. The summed E-state index contributed by atoms with van der Waals surface area (Å²) >= 11 is 5.33. The Labute approximate surface area is 101 Å². The molecule has 0 aliphatic rings. The molecular formula is C14H13NS. The van der Waals surface area contributed by atoms with Crippen LogP contribution in [-0.2, 0) is 0 Å². The molecular weight excluding hydrogens is 214 g/mol. The van der Waals surface area contributed by atoms with E-state index in [0.717, 1.165) is 16.2 Å². The van der Waals surface area contributed by atoms with E-state index in [1.54, 1.807) is 0 Å². The maximum absolute atomic E-state index is 5.33. The van der Waals surface area contributed by atoms with Crippen molar-refractivity contribution in [2.75, 3.05) is 5.32 Å². The van der Waals surface area contributed by atoms with Crippen molar-refractivity contribution in [3.05, 3.63) is 65.7 Å². The van der Waals surface area contributed by atoms with E-state index in [2.05, 4.69) is 24.4 Å². The van der Waals surface area contributed by atoms with Crippen molar-refractivity contribution in [3.8, 4) is 0 Å². The van der Waals surface area contributed by atoms with E-state index >= 15 is 0 Å². The van der Waals surface area contributed by atoms with Crippen molar-refractivity contribution in [2.24, 2.45) is 0 Å². The molecule has 0 spiro atoms. The van der Waals surface area contributed by atoms with Crippen molar-refractivity contribution in [3.63, 3.8) is 0 Å². The third-order valence-electron chi connectivity index (χ3n) is 2.31. The van der Waals surface area contributed by atoms with Gasteiger partial charge < -0.3 is 5.32 Å². The normalized spacial score (nSPS) is 9.81. The second kappa shape index (κ2) is 4.90. The summed E-state index contributed by atoms with van der Waals surface area (Å²) in [6.45, 7) is 2.07. The summed E-state index contributed by atoms with van der Waals surface area (Å²) in [7, 11) is 0. The average molecular weight is 227 g/mol. The van der Waals surface area contributed by atoms with Gasteiger partial charge >= 0.3 is 0 Å². The largest absolute Gasteiger partial charge is 0.346 e. The molecule has 2 heteroatoms. The lowest BCUT2D eigenvalue weighted by Crippen LogP contribution is -2.10. The first-order chi connectivity index (χ1) is 7.75. The fourth-order valence-corrected chi connectivity index (χ4v) is 1.77. The van der Waals surface area contributed by atoms with Crippen LogP contribution in [0.15, 0.2) is 54.6 Å². The quantitative estimate of drug-likeness (QED) is 0.783. The van der Waals surface area contributed by atoms with Crippen molar-refractivity contribution in [2.45, 2.75) is 6.92 Å². The third-order valence-corrected chi connectivity index (χ3v) is 2.65. The van der Waals surface area contributed by atoms with Gasteiger partial charge in [-0.15, -0.1) is 0 Å². The highest BCUT2D eigenvalue weighted by Gasteiger charge is 2.00. The van der Waals surface area contributed by atoms with E-state index in [1.807, 2.05) is 42.5 Å². The van der Waals surface area contributed by atoms with Crippen LogP contribution in [0.25, 0.3) is 0 Å². The van der Waals surface area contributed by atoms with E-state index < -0.39 is 0 Å². The highest BCUT2D eigenvalue weighted by atomic mass is 32.1. The van der Waals surface area contributed by atoms with Crippen LogP contribution in [0.3, 0.4) is 0 Å². The minimum atomic E-state index is 0.756. The summed E-state index contributed by atoms with van der Waals surface area (Å²) in [5, 5.41) is 3.23. The topological polar surface area (TPSA) is 12.0 Å². The van der Waals surface area contributed by atoms with E-state index in [0.29, 0.717) is 0 Å². The number of anilines is 1. The van der Waals surface area contributed by atoms with Gasteiger partial charge in [0.1, 0.15) is 4.99 Å². The van der Waals surface area contributed by atoms with Crippen LogP contribution >= 0.6 is 12.2 Å². The fraction of sp³-hybridized carbons (Fsp3) is 0.0714. The summed E-state index contributed by atoms with van der Waals surface area (Å²) in [6.07, 6.45) is 0. The van der Waals surface area contributed by atoms with Gasteiger partial charge in [-0.1, -0.05) is 54.7 Å². The van der Waals surface area contributed by atoms with Crippen LogP contribution in [0.5, 0.6) is 0 Å². The van der Waals surface area contributed by atoms with Gasteiger partial charge in [-0.05, 0) is 24.6 Å². The van der Waals surface area contributed by atoms with Crippen molar-refractivity contribution in [1.29, 1.82) is 0 Å². The SMILES string of the molecule is Cc1cccc(NC(=S)c2ccccc2)c1. The summed E-state index contributed by atoms with van der Waals surface area (Å²) in [5.74, 6) is 0. The zero-order chi connectivity index (χ0) is 11.4. The van der Waals surface area contributed by atoms with E-state index in [1.165, 1.54) is 5.56 Å². The Kier molecular flexibility index (Phi) is 3.32. The molecule has 0 fully saturated rings. The molecule has 16 heavy (non-hydrogen) atoms. The van der Waals surface area contributed by atoms with Gasteiger partial charge in [-0.3, -0.25) is 0 Å². The predicted octanol–water partition coefficient (Wildman–Crippen LogP) is 3.78. The number of nitrogens with one attached hydrogen (secondary N) is 1. The number of thiocarbonyl (C=S) groups is 1. The molecule has 0 radical (unpaired) electrons. The van der Waals surface area contributed by atoms with Gasteiger partial charge in [-0.2, -0.15) is 0 Å². The molecule has 0 unspecified atom stereocenters. The molecule has 0 aromatic heterocycles. The summed E-state index contributed by atoms with van der Waals surface area (Å²) < 4.78 is 0. The summed E-state index contributed by atoms with van der Waals surface area (Å²) in [5.41, 5.74) is 3.30. The monoisotopic (exact) mass is 227 g/mol. The number of hydrogen-bond donors (Lipinski definition) is 1. The predicted molar refractivity (Wildman–Crippen MR) is 72.9 cm³/mol. The van der Waals surface area contributed by atoms with Crippen LogP contribution in [0.2, 0.25) is 0 Å². The minimum Gasteiger partial charge on any atom is -0.346 e. The number of benzene rings is 2. The van der Waals surface area contributed by atoms with Crippen LogP contribution < -0.4 is 5.32 Å². The molecule has 2 aromatic carbocycles. The molecule has 0 amide bonds. The fourth-order valence-electron chi connectivity index (χ4n) is 1.52. The Bertz CT molecular complexity index is 491. The van der Waals surface area contributed by atoms with Gasteiger partial charge in [0.2, 0.25) is 0 Å². The first kappa shape index (κ1) is 10.8. The Balaban J connectivity index is 2.14. The van der Waals surface area contributed by atoms with E-state index in [9.17, 15) is 0 Å². The first-order valence-corrected chi connectivity index (χ1v) is 5.59. The molecule has 0 aliphatic carbocycles. The Morgan fingerprint density at radius 1 is 1.00 bits per heavy atom. The zero-order valence-electron chi connectivity index (χ0n) is 9.10. The van der Waals surface area contributed by atoms with E-state index in [-0.39, 0.29) is 0 Å². The molecule has 2 aromatic rings. The molecule has 2 rings (SSSR count). The molecule has 80 valence electrons. The van der Waals surface area contributed by atoms with Crippen LogP contribution in [0, 0.1) is 6.92 Å². The summed E-state index contributed by atoms with van der Waals surface area (Å²) in [6, 6.07) is 18.1. The average Bonchev–Trinajstić information content (AvgIpc) is 2.30. The second-order valence-electron chi connectivity index (χ2n) is 3.69. The minimum absolute atomic E-state index is 0.756. The second-order valence-corrected chi connectivity index (χ2v) is 4.10. The molecule has 0 atom stereocenters. The lowest BCUT2D eigenvalue weighted by atomic mass is 10.2. The molecule has 0 saturated heterocycles. The van der Waals surface area contributed by atoms with Crippen LogP contribution in [0.4, 0.5) is 5.69 Å². The van der Waals surface area contributed by atoms with Gasteiger partial charge in [0.15, 0.2) is 0 Å². The zero-order valence-corrected chi connectivity index (χ0v) is 9.92. The van der Waals surface area contributed by atoms with Crippen molar-refractivity contribution in [1.82, 2.24) is 0 Å². The lowest BCUT2D eigenvalue weighted by Gasteiger charge is -2.08. The molecule has 1 N–H and O–H groups in total. The molecule has 0 saturated carbocycles. The van der Waals surface area contributed by atoms with Crippen LogP contribution in [-0.4, -0.2) is 4.99 Å². The maximum Gasteiger partial charge on any atom is 0.110 e. The van der Waals surface area contributed by atoms with Gasteiger partial charge in [0.25, 0.3) is 0 Å². The number of rotatable bonds is 2. The van der Waals surface area contributed by atoms with Gasteiger partial charge in [-0.25, -0.2) is 0 Å².